The summed E-state index contributed by atoms with van der Waals surface area (Å²) in [6.45, 7) is 18.4. The van der Waals surface area contributed by atoms with E-state index in [4.69, 9.17) is 10.1 Å². The van der Waals surface area contributed by atoms with Crippen LogP contribution >= 0.6 is 0 Å². The molecule has 47 heavy (non-hydrogen) atoms. The van der Waals surface area contributed by atoms with Gasteiger partial charge in [0.25, 0.3) is 0 Å². The molecule has 2 aromatic heterocycles. The van der Waals surface area contributed by atoms with Crippen molar-refractivity contribution in [1.29, 1.82) is 0 Å². The summed E-state index contributed by atoms with van der Waals surface area (Å²) in [5.41, 5.74) is 10.7. The lowest BCUT2D eigenvalue weighted by atomic mass is 9.82. The van der Waals surface area contributed by atoms with E-state index < -0.39 is 11.6 Å². The number of hydrogen-bond acceptors (Lipinski definition) is 6. The molecule has 2 aliphatic rings. The summed E-state index contributed by atoms with van der Waals surface area (Å²) in [7, 11) is 0. The number of piperidine rings is 1. The molecule has 0 spiro atoms. The van der Waals surface area contributed by atoms with Gasteiger partial charge in [-0.15, -0.1) is 0 Å². The van der Waals surface area contributed by atoms with Gasteiger partial charge in [-0.05, 0) is 76.0 Å². The van der Waals surface area contributed by atoms with Gasteiger partial charge < -0.3 is 20.1 Å². The fourth-order valence-electron chi connectivity index (χ4n) is 6.59. The number of pyridine rings is 1. The van der Waals surface area contributed by atoms with Gasteiger partial charge in [-0.2, -0.15) is 0 Å². The van der Waals surface area contributed by atoms with Gasteiger partial charge in [0.15, 0.2) is 0 Å². The van der Waals surface area contributed by atoms with Gasteiger partial charge in [0.05, 0.1) is 17.7 Å². The first-order valence-corrected chi connectivity index (χ1v) is 16.8. The highest BCUT2D eigenvalue weighted by molar-refractivity contribution is 5.86. The van der Waals surface area contributed by atoms with E-state index in [0.717, 1.165) is 103 Å². The highest BCUT2D eigenvalue weighted by atomic mass is 16.4. The van der Waals surface area contributed by atoms with Crippen LogP contribution in [0.1, 0.15) is 81.2 Å². The second kappa shape index (κ2) is 14.0. The Balaban J connectivity index is 0.000000807. The monoisotopic (exact) mass is 637 g/mol. The van der Waals surface area contributed by atoms with Crippen molar-refractivity contribution < 1.29 is 15.0 Å². The predicted molar refractivity (Wildman–Crippen MR) is 190 cm³/mol. The van der Waals surface area contributed by atoms with Crippen LogP contribution in [0.3, 0.4) is 0 Å². The Morgan fingerprint density at radius 3 is 2.30 bits per heavy atom. The molecule has 4 aromatic rings. The smallest absolute Gasteiger partial charge is 0.307 e. The van der Waals surface area contributed by atoms with Gasteiger partial charge in [-0.1, -0.05) is 62.4 Å². The standard InChI is InChI=1S/C35H41N5O2.C4H10O/c1-23-30(19-31(41)42)33(40-16-13-35(3,4)14-17-40)32(24(2)37-23)27-10-11-28-21-39(15-12-26(28)18-27)22-29-20-36-34(38-29)25-8-6-5-7-9-25;1-4(2,3)5/h5-11,18,20H,12-17,19,21-22H2,1-4H3,(H,36,38)(H,41,42);5H,1-3H3. The average Bonchev–Trinajstić information content (AvgIpc) is 3.46. The topological polar surface area (TPSA) is 106 Å². The molecule has 0 saturated carbocycles. The lowest BCUT2D eigenvalue weighted by Gasteiger charge is -2.40. The van der Waals surface area contributed by atoms with Crippen molar-refractivity contribution in [2.24, 2.45) is 5.41 Å². The highest BCUT2D eigenvalue weighted by Gasteiger charge is 2.30. The van der Waals surface area contributed by atoms with E-state index in [1.807, 2.05) is 31.3 Å². The van der Waals surface area contributed by atoms with Crippen LogP contribution in [0.5, 0.6) is 0 Å². The van der Waals surface area contributed by atoms with E-state index in [0.29, 0.717) is 5.41 Å². The summed E-state index contributed by atoms with van der Waals surface area (Å²) in [5, 5.41) is 18.3. The number of aliphatic carboxylic acids is 1. The van der Waals surface area contributed by atoms with Crippen molar-refractivity contribution in [3.63, 3.8) is 0 Å². The molecule has 0 aliphatic carbocycles. The summed E-state index contributed by atoms with van der Waals surface area (Å²) in [4.78, 5) is 29.8. The molecule has 1 fully saturated rings. The number of carbonyl (C=O) groups is 1. The normalized spacial score (nSPS) is 16.3. The molecule has 0 amide bonds. The number of hydrogen-bond donors (Lipinski definition) is 3. The Hall–Kier alpha value is -4.01. The van der Waals surface area contributed by atoms with Crippen LogP contribution < -0.4 is 4.90 Å². The van der Waals surface area contributed by atoms with E-state index >= 15 is 0 Å². The number of anilines is 1. The molecular weight excluding hydrogens is 586 g/mol. The highest BCUT2D eigenvalue weighted by Crippen LogP contribution is 2.42. The number of fused-ring (bicyclic) bond motifs is 1. The van der Waals surface area contributed by atoms with Crippen molar-refractivity contribution in [3.8, 4) is 22.5 Å². The number of H-pyrrole nitrogens is 1. The van der Waals surface area contributed by atoms with Crippen LogP contribution in [0.25, 0.3) is 22.5 Å². The minimum absolute atomic E-state index is 0.0131. The maximum absolute atomic E-state index is 12.0. The molecule has 2 aliphatic heterocycles. The molecule has 2 aromatic carbocycles. The lowest BCUT2D eigenvalue weighted by Crippen LogP contribution is -2.38. The van der Waals surface area contributed by atoms with Gasteiger partial charge >= 0.3 is 5.97 Å². The van der Waals surface area contributed by atoms with Crippen molar-refractivity contribution in [2.75, 3.05) is 24.5 Å². The molecule has 8 heteroatoms. The number of carboxylic acid groups (broad SMARTS) is 1. The average molecular weight is 638 g/mol. The number of nitrogens with zero attached hydrogens (tertiary/aromatic N) is 4. The molecule has 4 heterocycles. The number of aliphatic hydroxyl groups is 1. The van der Waals surface area contributed by atoms with E-state index in [-0.39, 0.29) is 6.42 Å². The summed E-state index contributed by atoms with van der Waals surface area (Å²) < 4.78 is 0. The van der Waals surface area contributed by atoms with E-state index in [2.05, 4.69) is 70.9 Å². The number of rotatable bonds is 7. The van der Waals surface area contributed by atoms with Crippen LogP contribution in [0.2, 0.25) is 0 Å². The zero-order valence-electron chi connectivity index (χ0n) is 29.2. The molecule has 0 bridgehead atoms. The third-order valence-electron chi connectivity index (χ3n) is 9.07. The van der Waals surface area contributed by atoms with E-state index in [1.165, 1.54) is 11.1 Å². The maximum atomic E-state index is 12.0. The van der Waals surface area contributed by atoms with Gasteiger partial charge in [-0.25, -0.2) is 4.98 Å². The van der Waals surface area contributed by atoms with Crippen molar-refractivity contribution in [3.05, 3.63) is 88.5 Å². The Morgan fingerprint density at radius 2 is 1.64 bits per heavy atom. The van der Waals surface area contributed by atoms with E-state index in [9.17, 15) is 9.90 Å². The number of nitrogens with one attached hydrogen (secondary N) is 1. The summed E-state index contributed by atoms with van der Waals surface area (Å²) >= 11 is 0. The van der Waals surface area contributed by atoms with Gasteiger partial charge in [0, 0.05) is 72.7 Å². The van der Waals surface area contributed by atoms with Crippen LogP contribution in [0.4, 0.5) is 5.69 Å². The maximum Gasteiger partial charge on any atom is 0.307 e. The Morgan fingerprint density at radius 1 is 0.957 bits per heavy atom. The first-order valence-electron chi connectivity index (χ1n) is 16.8. The third kappa shape index (κ3) is 8.87. The number of aromatic amines is 1. The molecule has 250 valence electrons. The Bertz CT molecular complexity index is 1690. The van der Waals surface area contributed by atoms with Crippen LogP contribution in [-0.4, -0.2) is 61.3 Å². The van der Waals surface area contributed by atoms with Crippen molar-refractivity contribution in [2.45, 2.75) is 92.8 Å². The number of aryl methyl sites for hydroxylation is 2. The Labute approximate surface area is 279 Å². The fourth-order valence-corrected chi connectivity index (χ4v) is 6.59. The summed E-state index contributed by atoms with van der Waals surface area (Å²) in [5.74, 6) is 0.0945. The molecule has 3 N–H and O–H groups in total. The molecule has 8 nitrogen and oxygen atoms in total. The molecule has 6 rings (SSSR count). The summed E-state index contributed by atoms with van der Waals surface area (Å²) in [6, 6.07) is 17.0. The molecular formula is C39H51N5O3. The largest absolute Gasteiger partial charge is 0.481 e. The number of benzene rings is 2. The fraction of sp³-hybridized carbons (Fsp3) is 0.462. The minimum atomic E-state index is -0.813. The number of aromatic nitrogens is 3. The number of imidazole rings is 1. The van der Waals surface area contributed by atoms with Gasteiger partial charge in [0.1, 0.15) is 5.82 Å². The Kier molecular flexibility index (Phi) is 10.2. The SMILES string of the molecule is CC(C)(C)O.Cc1nc(C)c(-c2ccc3c(c2)CCN(Cc2cnc(-c4ccccc4)[nH]2)C3)c(N2CCC(C)(C)CC2)c1CC(=O)O. The van der Waals surface area contributed by atoms with Crippen LogP contribution in [0.15, 0.2) is 54.7 Å². The third-order valence-corrected chi connectivity index (χ3v) is 9.07. The molecule has 0 atom stereocenters. The van der Waals surface area contributed by atoms with Crippen molar-refractivity contribution in [1.82, 2.24) is 19.9 Å². The second-order valence-electron chi connectivity index (χ2n) is 14.9. The number of carboxylic acids is 1. The second-order valence-corrected chi connectivity index (χ2v) is 14.9. The molecule has 0 unspecified atom stereocenters. The first-order chi connectivity index (χ1) is 22.2. The van der Waals surface area contributed by atoms with Gasteiger partial charge in [-0.3, -0.25) is 14.7 Å². The predicted octanol–water partition coefficient (Wildman–Crippen LogP) is 7.34. The molecule has 0 radical (unpaired) electrons. The van der Waals surface area contributed by atoms with Crippen molar-refractivity contribution >= 4 is 11.7 Å². The first kappa shape index (κ1) is 34.3. The minimum Gasteiger partial charge on any atom is -0.481 e. The zero-order chi connectivity index (χ0) is 33.9. The molecule has 1 saturated heterocycles. The van der Waals surface area contributed by atoms with Crippen LogP contribution in [-0.2, 0) is 30.7 Å². The lowest BCUT2D eigenvalue weighted by molar-refractivity contribution is -0.136. The van der Waals surface area contributed by atoms with Crippen LogP contribution in [0, 0.1) is 19.3 Å². The van der Waals surface area contributed by atoms with Gasteiger partial charge in [0.2, 0.25) is 0 Å². The summed E-state index contributed by atoms with van der Waals surface area (Å²) in [6.07, 6.45) is 5.08. The zero-order valence-corrected chi connectivity index (χ0v) is 29.2. The van der Waals surface area contributed by atoms with E-state index in [1.54, 1.807) is 20.8 Å². The quantitative estimate of drug-likeness (QED) is 0.195.